The zero-order valence-electron chi connectivity index (χ0n) is 13.8. The molecule has 1 aliphatic heterocycles. The van der Waals surface area contributed by atoms with E-state index in [9.17, 15) is 9.50 Å². The van der Waals surface area contributed by atoms with Crippen LogP contribution in [0.5, 0.6) is 0 Å². The van der Waals surface area contributed by atoms with Gasteiger partial charge in [0.2, 0.25) is 0 Å². The third-order valence-corrected chi connectivity index (χ3v) is 4.98. The summed E-state index contributed by atoms with van der Waals surface area (Å²) in [6, 6.07) is 4.90. The molecule has 0 amide bonds. The van der Waals surface area contributed by atoms with Crippen LogP contribution in [-0.2, 0) is 10.3 Å². The fourth-order valence-electron chi connectivity index (χ4n) is 3.40. The maximum Gasteiger partial charge on any atom is 0.147 e. The second kappa shape index (κ2) is 8.97. The highest BCUT2D eigenvalue weighted by Gasteiger charge is 2.40. The summed E-state index contributed by atoms with van der Waals surface area (Å²) in [6.45, 7) is 4.99. The lowest BCUT2D eigenvalue weighted by Gasteiger charge is -2.39. The van der Waals surface area contributed by atoms with Crippen molar-refractivity contribution in [2.45, 2.75) is 44.6 Å². The van der Waals surface area contributed by atoms with Gasteiger partial charge in [0, 0.05) is 31.2 Å². The summed E-state index contributed by atoms with van der Waals surface area (Å²) in [6.07, 6.45) is 4.05. The Morgan fingerprint density at radius 2 is 2.26 bits per heavy atom. The molecule has 0 spiro atoms. The second-order valence-corrected chi connectivity index (χ2v) is 6.63. The maximum absolute atomic E-state index is 14.5. The number of hydrogen-bond donors (Lipinski definition) is 2. The van der Waals surface area contributed by atoms with Gasteiger partial charge in [-0.25, -0.2) is 4.39 Å². The van der Waals surface area contributed by atoms with Gasteiger partial charge in [0.25, 0.3) is 0 Å². The zero-order valence-corrected chi connectivity index (χ0v) is 14.5. The van der Waals surface area contributed by atoms with E-state index in [2.05, 4.69) is 5.32 Å². The fourth-order valence-corrected chi connectivity index (χ4v) is 3.57. The van der Waals surface area contributed by atoms with Crippen molar-refractivity contribution in [1.82, 2.24) is 5.32 Å². The Morgan fingerprint density at radius 3 is 2.96 bits per heavy atom. The van der Waals surface area contributed by atoms with Crippen molar-refractivity contribution in [3.8, 4) is 0 Å². The smallest absolute Gasteiger partial charge is 0.147 e. The van der Waals surface area contributed by atoms with Gasteiger partial charge < -0.3 is 15.2 Å². The summed E-state index contributed by atoms with van der Waals surface area (Å²) in [7, 11) is 0. The molecule has 0 aliphatic carbocycles. The molecule has 3 nitrogen and oxygen atoms in total. The highest BCUT2D eigenvalue weighted by molar-refractivity contribution is 6.30. The number of unbranched alkanes of at least 4 members (excludes halogenated alkanes) is 1. The number of benzene rings is 1. The Hall–Kier alpha value is -0.680. The van der Waals surface area contributed by atoms with Gasteiger partial charge in [-0.15, -0.1) is 0 Å². The van der Waals surface area contributed by atoms with Crippen LogP contribution in [0.15, 0.2) is 18.2 Å². The van der Waals surface area contributed by atoms with Gasteiger partial charge in [-0.1, -0.05) is 23.7 Å². The molecule has 0 bridgehead atoms. The molecule has 1 aromatic carbocycles. The molecule has 2 atom stereocenters. The van der Waals surface area contributed by atoms with Crippen LogP contribution < -0.4 is 5.32 Å². The van der Waals surface area contributed by atoms with Crippen molar-refractivity contribution in [2.24, 2.45) is 5.92 Å². The minimum atomic E-state index is -1.19. The fraction of sp³-hybridized carbons (Fsp3) is 0.667. The van der Waals surface area contributed by atoms with Gasteiger partial charge in [-0.2, -0.15) is 0 Å². The van der Waals surface area contributed by atoms with Crippen LogP contribution in [0.1, 0.15) is 44.6 Å². The first kappa shape index (κ1) is 18.7. The van der Waals surface area contributed by atoms with E-state index in [1.54, 1.807) is 12.1 Å². The number of nitrogens with one attached hydrogen (secondary N) is 1. The topological polar surface area (TPSA) is 41.5 Å². The van der Waals surface area contributed by atoms with E-state index >= 15 is 0 Å². The zero-order chi connectivity index (χ0) is 16.7. The molecular formula is C18H27ClFNO2. The van der Waals surface area contributed by atoms with Crippen LogP contribution in [0.25, 0.3) is 0 Å². The van der Waals surface area contributed by atoms with Crippen molar-refractivity contribution in [3.63, 3.8) is 0 Å². The summed E-state index contributed by atoms with van der Waals surface area (Å²) >= 11 is 5.94. The van der Waals surface area contributed by atoms with Gasteiger partial charge >= 0.3 is 0 Å². The normalized spacial score (nSPS) is 21.1. The molecule has 1 unspecified atom stereocenters. The molecule has 2 rings (SSSR count). The minimum Gasteiger partial charge on any atom is -0.385 e. The van der Waals surface area contributed by atoms with Crippen LogP contribution in [0, 0.1) is 11.7 Å². The van der Waals surface area contributed by atoms with E-state index in [0.29, 0.717) is 31.7 Å². The predicted molar refractivity (Wildman–Crippen MR) is 91.2 cm³/mol. The molecule has 5 heteroatoms. The lowest BCUT2D eigenvalue weighted by molar-refractivity contribution is -0.0462. The van der Waals surface area contributed by atoms with Gasteiger partial charge in [-0.3, -0.25) is 0 Å². The number of rotatable bonds is 8. The standard InChI is InChI=1S/C18H27ClFNO2/c1-2-23-12-4-3-10-18(22,14-7-6-11-21-13-14)15-8-5-9-16(19)17(15)20/h5,8-9,14,21-22H,2-4,6-7,10-13H2,1H3/t14?,18-/m1/s1. The molecule has 130 valence electrons. The molecule has 2 N–H and O–H groups in total. The molecule has 0 saturated carbocycles. The number of halogens is 2. The van der Waals surface area contributed by atoms with Gasteiger partial charge in [0.05, 0.1) is 10.6 Å². The van der Waals surface area contributed by atoms with Crippen molar-refractivity contribution in [3.05, 3.63) is 34.6 Å². The van der Waals surface area contributed by atoms with E-state index in [1.165, 1.54) is 6.07 Å². The summed E-state index contributed by atoms with van der Waals surface area (Å²) < 4.78 is 19.9. The van der Waals surface area contributed by atoms with E-state index in [4.69, 9.17) is 16.3 Å². The molecule has 1 heterocycles. The van der Waals surface area contributed by atoms with Crippen LogP contribution in [0.2, 0.25) is 5.02 Å². The Morgan fingerprint density at radius 1 is 1.43 bits per heavy atom. The van der Waals surface area contributed by atoms with Gasteiger partial charge in [-0.05, 0) is 51.6 Å². The monoisotopic (exact) mass is 343 g/mol. The van der Waals surface area contributed by atoms with E-state index in [-0.39, 0.29) is 10.9 Å². The van der Waals surface area contributed by atoms with Crippen molar-refractivity contribution in [2.75, 3.05) is 26.3 Å². The molecule has 0 aromatic heterocycles. The van der Waals surface area contributed by atoms with Crippen molar-refractivity contribution < 1.29 is 14.2 Å². The van der Waals surface area contributed by atoms with Crippen LogP contribution in [0.3, 0.4) is 0 Å². The summed E-state index contributed by atoms with van der Waals surface area (Å²) in [5.41, 5.74) is -0.857. The van der Waals surface area contributed by atoms with E-state index in [1.807, 2.05) is 6.92 Å². The molecule has 23 heavy (non-hydrogen) atoms. The minimum absolute atomic E-state index is 0.00342. The third-order valence-electron chi connectivity index (χ3n) is 4.69. The Bertz CT molecular complexity index is 494. The average molecular weight is 344 g/mol. The van der Waals surface area contributed by atoms with E-state index < -0.39 is 11.4 Å². The average Bonchev–Trinajstić information content (AvgIpc) is 2.58. The first-order valence-electron chi connectivity index (χ1n) is 8.55. The highest BCUT2D eigenvalue weighted by atomic mass is 35.5. The van der Waals surface area contributed by atoms with E-state index in [0.717, 1.165) is 32.2 Å². The number of aliphatic hydroxyl groups is 1. The molecule has 1 fully saturated rings. The van der Waals surface area contributed by atoms with Crippen LogP contribution >= 0.6 is 11.6 Å². The quantitative estimate of drug-likeness (QED) is 0.704. The summed E-state index contributed by atoms with van der Waals surface area (Å²) in [4.78, 5) is 0. The SMILES string of the molecule is CCOCCCC[C@](O)(c1cccc(Cl)c1F)C1CCCNC1. The summed E-state index contributed by atoms with van der Waals surface area (Å²) in [5.74, 6) is -0.497. The van der Waals surface area contributed by atoms with Gasteiger partial charge in [0.1, 0.15) is 5.82 Å². The van der Waals surface area contributed by atoms with Crippen LogP contribution in [0.4, 0.5) is 4.39 Å². The Balaban J connectivity index is 2.18. The summed E-state index contributed by atoms with van der Waals surface area (Å²) in [5, 5.41) is 14.8. The lowest BCUT2D eigenvalue weighted by atomic mass is 9.74. The molecule has 0 radical (unpaired) electrons. The molecular weight excluding hydrogens is 317 g/mol. The van der Waals surface area contributed by atoms with Crippen molar-refractivity contribution >= 4 is 11.6 Å². The lowest BCUT2D eigenvalue weighted by Crippen LogP contribution is -2.44. The number of piperidine rings is 1. The maximum atomic E-state index is 14.5. The highest BCUT2D eigenvalue weighted by Crippen LogP contribution is 2.40. The molecule has 1 aliphatic rings. The predicted octanol–water partition coefficient (Wildman–Crippen LogP) is 3.87. The first-order chi connectivity index (χ1) is 11.1. The number of hydrogen-bond acceptors (Lipinski definition) is 3. The molecule has 1 saturated heterocycles. The number of ether oxygens (including phenoxy) is 1. The van der Waals surface area contributed by atoms with Crippen LogP contribution in [-0.4, -0.2) is 31.4 Å². The third kappa shape index (κ3) is 4.66. The molecule has 1 aromatic rings. The second-order valence-electron chi connectivity index (χ2n) is 6.22. The largest absolute Gasteiger partial charge is 0.385 e. The Labute approximate surface area is 143 Å². The van der Waals surface area contributed by atoms with Crippen molar-refractivity contribution in [1.29, 1.82) is 0 Å². The first-order valence-corrected chi connectivity index (χ1v) is 8.92. The Kier molecular flexibility index (Phi) is 7.28. The van der Waals surface area contributed by atoms with Gasteiger partial charge in [0.15, 0.2) is 0 Å².